The molecule has 1 aliphatic rings. The van der Waals surface area contributed by atoms with Crippen molar-refractivity contribution in [1.29, 1.82) is 0 Å². The first-order valence-electron chi connectivity index (χ1n) is 2.09. The highest BCUT2D eigenvalue weighted by Crippen LogP contribution is 2.32. The van der Waals surface area contributed by atoms with Crippen molar-refractivity contribution in [2.45, 2.75) is 22.5 Å². The van der Waals surface area contributed by atoms with E-state index in [0.717, 1.165) is 9.65 Å². The highest BCUT2D eigenvalue weighted by molar-refractivity contribution is 9.12. The van der Waals surface area contributed by atoms with Crippen molar-refractivity contribution in [3.8, 4) is 0 Å². The standard InChI is InChI=1S/C4H6Br2/c5-3-1-2-4(3)6/h3-4H,1-2H2. The minimum atomic E-state index is 0.762. The molecular formula is C4H6Br2. The van der Waals surface area contributed by atoms with Crippen LogP contribution in [0.4, 0.5) is 0 Å². The molecule has 36 valence electrons. The Balaban J connectivity index is 2.20. The fourth-order valence-electron chi connectivity index (χ4n) is 0.419. The maximum absolute atomic E-state index is 3.48. The van der Waals surface area contributed by atoms with Crippen molar-refractivity contribution in [2.24, 2.45) is 0 Å². The predicted molar refractivity (Wildman–Crippen MR) is 34.7 cm³/mol. The van der Waals surface area contributed by atoms with Crippen LogP contribution in [-0.4, -0.2) is 9.65 Å². The summed E-state index contributed by atoms with van der Waals surface area (Å²) in [6.45, 7) is 0. The van der Waals surface area contributed by atoms with Crippen molar-refractivity contribution in [2.75, 3.05) is 0 Å². The number of hydrogen-bond acceptors (Lipinski definition) is 0. The lowest BCUT2D eigenvalue weighted by Crippen LogP contribution is -2.25. The molecule has 1 fully saturated rings. The van der Waals surface area contributed by atoms with Crippen molar-refractivity contribution < 1.29 is 0 Å². The molecule has 0 amide bonds. The van der Waals surface area contributed by atoms with Gasteiger partial charge >= 0.3 is 0 Å². The second kappa shape index (κ2) is 1.83. The van der Waals surface area contributed by atoms with Gasteiger partial charge in [-0.15, -0.1) is 0 Å². The Morgan fingerprint density at radius 2 is 1.33 bits per heavy atom. The molecule has 1 aliphatic carbocycles. The molecule has 2 heteroatoms. The topological polar surface area (TPSA) is 0 Å². The highest BCUT2D eigenvalue weighted by atomic mass is 79.9. The molecule has 0 aromatic carbocycles. The predicted octanol–water partition coefficient (Wildman–Crippen LogP) is 2.31. The van der Waals surface area contributed by atoms with Crippen molar-refractivity contribution >= 4 is 31.9 Å². The molecule has 1 saturated carbocycles. The van der Waals surface area contributed by atoms with Gasteiger partial charge in [0.1, 0.15) is 0 Å². The second-order valence-electron chi connectivity index (χ2n) is 1.61. The van der Waals surface area contributed by atoms with Crippen LogP contribution in [0, 0.1) is 0 Å². The van der Waals surface area contributed by atoms with Crippen LogP contribution in [0.25, 0.3) is 0 Å². The van der Waals surface area contributed by atoms with Crippen LogP contribution in [0.3, 0.4) is 0 Å². The molecule has 0 heterocycles. The molecule has 2 atom stereocenters. The summed E-state index contributed by atoms with van der Waals surface area (Å²) in [5.74, 6) is 0. The van der Waals surface area contributed by atoms with Crippen LogP contribution in [0.2, 0.25) is 0 Å². The second-order valence-corrected chi connectivity index (χ2v) is 3.96. The number of hydrogen-bond donors (Lipinski definition) is 0. The molecule has 0 N–H and O–H groups in total. The smallest absolute Gasteiger partial charge is 0.0271 e. The zero-order valence-corrected chi connectivity index (χ0v) is 6.50. The summed E-state index contributed by atoms with van der Waals surface area (Å²) < 4.78 is 0. The summed E-state index contributed by atoms with van der Waals surface area (Å²) in [6, 6.07) is 0. The molecule has 0 aliphatic heterocycles. The average molecular weight is 214 g/mol. The molecule has 0 radical (unpaired) electrons. The van der Waals surface area contributed by atoms with Gasteiger partial charge in [0.2, 0.25) is 0 Å². The zero-order chi connectivity index (χ0) is 4.57. The third-order valence-corrected chi connectivity index (χ3v) is 4.01. The van der Waals surface area contributed by atoms with Gasteiger partial charge in [-0.05, 0) is 12.8 Å². The maximum atomic E-state index is 3.48. The van der Waals surface area contributed by atoms with Crippen LogP contribution in [0.15, 0.2) is 0 Å². The Kier molecular flexibility index (Phi) is 1.55. The Hall–Kier alpha value is 0.960. The van der Waals surface area contributed by atoms with Gasteiger partial charge in [-0.2, -0.15) is 0 Å². The average Bonchev–Trinajstić information content (AvgIpc) is 1.61. The number of rotatable bonds is 0. The van der Waals surface area contributed by atoms with E-state index in [1.54, 1.807) is 0 Å². The summed E-state index contributed by atoms with van der Waals surface area (Å²) >= 11 is 6.96. The van der Waals surface area contributed by atoms with E-state index in [-0.39, 0.29) is 0 Å². The number of alkyl halides is 2. The van der Waals surface area contributed by atoms with E-state index >= 15 is 0 Å². The SMILES string of the molecule is BrC1CCC1Br. The summed E-state index contributed by atoms with van der Waals surface area (Å²) in [7, 11) is 0. The minimum Gasteiger partial charge on any atom is -0.0879 e. The first-order valence-corrected chi connectivity index (χ1v) is 3.92. The lowest BCUT2D eigenvalue weighted by Gasteiger charge is -2.25. The molecule has 0 saturated heterocycles. The van der Waals surface area contributed by atoms with E-state index in [0.29, 0.717) is 0 Å². The Morgan fingerprint density at radius 1 is 1.00 bits per heavy atom. The molecule has 2 unspecified atom stereocenters. The van der Waals surface area contributed by atoms with Crippen molar-refractivity contribution in [3.05, 3.63) is 0 Å². The van der Waals surface area contributed by atoms with Crippen LogP contribution in [0.5, 0.6) is 0 Å². The van der Waals surface area contributed by atoms with E-state index < -0.39 is 0 Å². The van der Waals surface area contributed by atoms with Gasteiger partial charge in [-0.1, -0.05) is 31.9 Å². The van der Waals surface area contributed by atoms with E-state index in [1.165, 1.54) is 12.8 Å². The van der Waals surface area contributed by atoms with E-state index in [1.807, 2.05) is 0 Å². The Bertz CT molecular complexity index is 45.5. The molecule has 0 nitrogen and oxygen atoms in total. The molecule has 1 rings (SSSR count). The Labute approximate surface area is 54.6 Å². The zero-order valence-electron chi connectivity index (χ0n) is 3.32. The quantitative estimate of drug-likeness (QED) is 0.542. The lowest BCUT2D eigenvalue weighted by molar-refractivity contribution is 0.557. The summed E-state index contributed by atoms with van der Waals surface area (Å²) in [4.78, 5) is 1.52. The minimum absolute atomic E-state index is 0.762. The maximum Gasteiger partial charge on any atom is 0.0271 e. The van der Waals surface area contributed by atoms with Crippen molar-refractivity contribution in [3.63, 3.8) is 0 Å². The van der Waals surface area contributed by atoms with Gasteiger partial charge in [0.05, 0.1) is 0 Å². The third kappa shape index (κ3) is 0.784. The van der Waals surface area contributed by atoms with Crippen LogP contribution in [-0.2, 0) is 0 Å². The fraction of sp³-hybridized carbons (Fsp3) is 1.00. The molecule has 0 spiro atoms. The first-order chi connectivity index (χ1) is 2.80. The molecule has 0 aromatic heterocycles. The summed E-state index contributed by atoms with van der Waals surface area (Å²) in [5.41, 5.74) is 0. The molecule has 0 aromatic rings. The fourth-order valence-corrected chi connectivity index (χ4v) is 1.48. The largest absolute Gasteiger partial charge is 0.0879 e. The summed E-state index contributed by atoms with van der Waals surface area (Å²) in [6.07, 6.45) is 2.69. The van der Waals surface area contributed by atoms with Gasteiger partial charge in [0.15, 0.2) is 0 Å². The van der Waals surface area contributed by atoms with E-state index in [2.05, 4.69) is 31.9 Å². The van der Waals surface area contributed by atoms with Gasteiger partial charge in [-0.25, -0.2) is 0 Å². The highest BCUT2D eigenvalue weighted by Gasteiger charge is 2.24. The molecule has 0 bridgehead atoms. The number of halogens is 2. The van der Waals surface area contributed by atoms with E-state index in [9.17, 15) is 0 Å². The van der Waals surface area contributed by atoms with Gasteiger partial charge in [0.25, 0.3) is 0 Å². The van der Waals surface area contributed by atoms with Crippen LogP contribution in [0.1, 0.15) is 12.8 Å². The van der Waals surface area contributed by atoms with Crippen LogP contribution >= 0.6 is 31.9 Å². The van der Waals surface area contributed by atoms with Crippen LogP contribution < -0.4 is 0 Å². The molecular weight excluding hydrogens is 208 g/mol. The van der Waals surface area contributed by atoms with Crippen molar-refractivity contribution in [1.82, 2.24) is 0 Å². The van der Waals surface area contributed by atoms with Gasteiger partial charge in [0, 0.05) is 9.65 Å². The van der Waals surface area contributed by atoms with E-state index in [4.69, 9.17) is 0 Å². The third-order valence-electron chi connectivity index (χ3n) is 1.11. The Morgan fingerprint density at radius 3 is 1.33 bits per heavy atom. The molecule has 6 heavy (non-hydrogen) atoms. The monoisotopic (exact) mass is 212 g/mol. The first kappa shape index (κ1) is 5.10. The summed E-state index contributed by atoms with van der Waals surface area (Å²) in [5, 5.41) is 0. The van der Waals surface area contributed by atoms with Gasteiger partial charge in [-0.3, -0.25) is 0 Å². The van der Waals surface area contributed by atoms with Gasteiger partial charge < -0.3 is 0 Å². The normalized spacial score (nSPS) is 45.0. The lowest BCUT2D eigenvalue weighted by atomic mass is 10.0.